The van der Waals surface area contributed by atoms with Crippen molar-refractivity contribution in [2.45, 2.75) is 17.4 Å². The van der Waals surface area contributed by atoms with Gasteiger partial charge in [-0.1, -0.05) is 18.2 Å². The number of pyridine rings is 1. The number of primary amides is 1. The van der Waals surface area contributed by atoms with Crippen molar-refractivity contribution in [3.63, 3.8) is 0 Å². The van der Waals surface area contributed by atoms with Crippen LogP contribution in [0, 0.1) is 0 Å². The Bertz CT molecular complexity index is 692. The Balaban J connectivity index is 1.96. The highest BCUT2D eigenvalue weighted by Crippen LogP contribution is 2.08. The highest BCUT2D eigenvalue weighted by molar-refractivity contribution is 7.85. The van der Waals surface area contributed by atoms with Gasteiger partial charge in [0, 0.05) is 28.6 Å². The van der Waals surface area contributed by atoms with Gasteiger partial charge in [0.15, 0.2) is 0 Å². The van der Waals surface area contributed by atoms with Crippen molar-refractivity contribution in [3.05, 3.63) is 60.4 Å². The van der Waals surface area contributed by atoms with E-state index in [0.717, 1.165) is 0 Å². The third-order valence-corrected chi connectivity index (χ3v) is 4.59. The molecule has 1 aromatic carbocycles. The zero-order valence-electron chi connectivity index (χ0n) is 12.3. The van der Waals surface area contributed by atoms with Gasteiger partial charge in [0.05, 0.1) is 10.8 Å². The van der Waals surface area contributed by atoms with E-state index in [1.165, 1.54) is 24.5 Å². The minimum Gasteiger partial charge on any atom is -0.368 e. The summed E-state index contributed by atoms with van der Waals surface area (Å²) >= 11 is 0. The van der Waals surface area contributed by atoms with Gasteiger partial charge in [-0.2, -0.15) is 0 Å². The number of nitrogens with zero attached hydrogens (tertiary/aromatic N) is 1. The summed E-state index contributed by atoms with van der Waals surface area (Å²) in [7, 11) is -1.25. The van der Waals surface area contributed by atoms with Crippen LogP contribution < -0.4 is 11.1 Å². The molecule has 1 heterocycles. The number of hydrogen-bond donors (Lipinski definition) is 2. The molecule has 3 N–H and O–H groups in total. The number of nitrogens with two attached hydrogens (primary N) is 1. The standard InChI is InChI=1S/C16H17N3O3S/c17-15(20)14(19-16(21)12-6-9-18-10-7-12)8-11-23(22)13-4-2-1-3-5-13/h1-7,9-10,14H,8,11H2,(H2,17,20)(H,19,21)/t14-,23-/m1/s1. The van der Waals surface area contributed by atoms with E-state index in [9.17, 15) is 13.8 Å². The van der Waals surface area contributed by atoms with Crippen LogP contribution in [-0.4, -0.2) is 32.8 Å². The second-order valence-corrected chi connectivity index (χ2v) is 6.39. The van der Waals surface area contributed by atoms with Crippen molar-refractivity contribution in [1.82, 2.24) is 10.3 Å². The van der Waals surface area contributed by atoms with Crippen LogP contribution in [0.5, 0.6) is 0 Å². The fraction of sp³-hybridized carbons (Fsp3) is 0.188. The summed E-state index contributed by atoms with van der Waals surface area (Å²) in [6.45, 7) is 0. The van der Waals surface area contributed by atoms with Crippen molar-refractivity contribution in [2.24, 2.45) is 5.73 Å². The van der Waals surface area contributed by atoms with Gasteiger partial charge >= 0.3 is 0 Å². The second kappa shape index (κ2) is 8.19. The Labute approximate surface area is 136 Å². The minimum atomic E-state index is -1.25. The van der Waals surface area contributed by atoms with Crippen molar-refractivity contribution < 1.29 is 13.8 Å². The Kier molecular flexibility index (Phi) is 5.99. The minimum absolute atomic E-state index is 0.202. The van der Waals surface area contributed by atoms with E-state index in [1.54, 1.807) is 24.3 Å². The number of amides is 2. The largest absolute Gasteiger partial charge is 0.368 e. The lowest BCUT2D eigenvalue weighted by Gasteiger charge is -2.15. The Morgan fingerprint density at radius 2 is 1.78 bits per heavy atom. The molecule has 23 heavy (non-hydrogen) atoms. The summed E-state index contributed by atoms with van der Waals surface area (Å²) in [5, 5.41) is 2.56. The number of nitrogens with one attached hydrogen (secondary N) is 1. The number of aromatic nitrogens is 1. The van der Waals surface area contributed by atoms with Crippen molar-refractivity contribution in [3.8, 4) is 0 Å². The van der Waals surface area contributed by atoms with Crippen LogP contribution in [0.2, 0.25) is 0 Å². The first-order chi connectivity index (χ1) is 11.1. The maximum Gasteiger partial charge on any atom is 0.252 e. The van der Waals surface area contributed by atoms with Crippen molar-refractivity contribution in [1.29, 1.82) is 0 Å². The molecule has 1 aromatic heterocycles. The molecule has 2 aromatic rings. The molecule has 2 rings (SSSR count). The van der Waals surface area contributed by atoms with Crippen LogP contribution in [-0.2, 0) is 15.6 Å². The number of carbonyl (C=O) groups excluding carboxylic acids is 2. The summed E-state index contributed by atoms with van der Waals surface area (Å²) in [6.07, 6.45) is 3.17. The van der Waals surface area contributed by atoms with Crippen LogP contribution in [0.4, 0.5) is 0 Å². The zero-order chi connectivity index (χ0) is 16.7. The number of rotatable bonds is 7. The third-order valence-electron chi connectivity index (χ3n) is 3.19. The predicted molar refractivity (Wildman–Crippen MR) is 87.0 cm³/mol. The number of hydrogen-bond acceptors (Lipinski definition) is 4. The molecular formula is C16H17N3O3S. The molecule has 2 atom stereocenters. The molecular weight excluding hydrogens is 314 g/mol. The molecule has 0 bridgehead atoms. The molecule has 0 aliphatic heterocycles. The van der Waals surface area contributed by atoms with Crippen molar-refractivity contribution in [2.75, 3.05) is 5.75 Å². The fourth-order valence-corrected chi connectivity index (χ4v) is 3.09. The molecule has 0 radical (unpaired) electrons. The molecule has 0 aliphatic carbocycles. The molecule has 0 aliphatic rings. The molecule has 0 saturated carbocycles. The highest BCUT2D eigenvalue weighted by Gasteiger charge is 2.20. The first-order valence-electron chi connectivity index (χ1n) is 7.01. The van der Waals surface area contributed by atoms with Crippen LogP contribution in [0.1, 0.15) is 16.8 Å². The predicted octanol–water partition coefficient (Wildman–Crippen LogP) is 0.863. The summed E-state index contributed by atoms with van der Waals surface area (Å²) < 4.78 is 12.2. The number of carbonyl (C=O) groups is 2. The average molecular weight is 331 g/mol. The van der Waals surface area contributed by atoms with Gasteiger partial charge in [0.2, 0.25) is 5.91 Å². The maximum atomic E-state index is 12.2. The second-order valence-electron chi connectivity index (χ2n) is 4.82. The number of benzene rings is 1. The first kappa shape index (κ1) is 16.8. The lowest BCUT2D eigenvalue weighted by atomic mass is 10.2. The molecule has 7 heteroatoms. The van der Waals surface area contributed by atoms with Crippen LogP contribution in [0.15, 0.2) is 59.8 Å². The van der Waals surface area contributed by atoms with Gasteiger partial charge < -0.3 is 11.1 Å². The lowest BCUT2D eigenvalue weighted by Crippen LogP contribution is -2.45. The van der Waals surface area contributed by atoms with E-state index in [0.29, 0.717) is 10.5 Å². The van der Waals surface area contributed by atoms with Crippen LogP contribution in [0.3, 0.4) is 0 Å². The molecule has 0 unspecified atom stereocenters. The van der Waals surface area contributed by atoms with Crippen molar-refractivity contribution >= 4 is 22.6 Å². The van der Waals surface area contributed by atoms with Gasteiger partial charge in [-0.05, 0) is 30.7 Å². The Hall–Kier alpha value is -2.54. The molecule has 120 valence electrons. The molecule has 2 amide bonds. The SMILES string of the molecule is NC(=O)[C@@H](CC[S@@](=O)c1ccccc1)NC(=O)c1ccncc1. The normalized spacial score (nSPS) is 13.0. The monoisotopic (exact) mass is 331 g/mol. The molecule has 6 nitrogen and oxygen atoms in total. The summed E-state index contributed by atoms with van der Waals surface area (Å²) in [5.41, 5.74) is 5.71. The van der Waals surface area contributed by atoms with E-state index in [-0.39, 0.29) is 12.2 Å². The first-order valence-corrected chi connectivity index (χ1v) is 8.33. The Morgan fingerprint density at radius 3 is 2.39 bits per heavy atom. The summed E-state index contributed by atoms with van der Waals surface area (Å²) in [5.74, 6) is -0.840. The van der Waals surface area contributed by atoms with Gasteiger partial charge in [-0.3, -0.25) is 18.8 Å². The van der Waals surface area contributed by atoms with Crippen LogP contribution in [0.25, 0.3) is 0 Å². The van der Waals surface area contributed by atoms with Crippen LogP contribution >= 0.6 is 0 Å². The molecule has 0 fully saturated rings. The van der Waals surface area contributed by atoms with Gasteiger partial charge in [0.1, 0.15) is 6.04 Å². The average Bonchev–Trinajstić information content (AvgIpc) is 2.59. The third kappa shape index (κ3) is 5.00. The lowest BCUT2D eigenvalue weighted by molar-refractivity contribution is -0.119. The van der Waals surface area contributed by atoms with E-state index < -0.39 is 28.7 Å². The van der Waals surface area contributed by atoms with E-state index in [4.69, 9.17) is 5.73 Å². The van der Waals surface area contributed by atoms with Gasteiger partial charge in [0.25, 0.3) is 5.91 Å². The smallest absolute Gasteiger partial charge is 0.252 e. The van der Waals surface area contributed by atoms with E-state index in [2.05, 4.69) is 10.3 Å². The summed E-state index contributed by atoms with van der Waals surface area (Å²) in [4.78, 5) is 28.1. The highest BCUT2D eigenvalue weighted by atomic mass is 32.2. The van der Waals surface area contributed by atoms with E-state index >= 15 is 0 Å². The maximum absolute atomic E-state index is 12.2. The van der Waals surface area contributed by atoms with Gasteiger partial charge in [-0.25, -0.2) is 0 Å². The summed E-state index contributed by atoms with van der Waals surface area (Å²) in [6, 6.07) is 11.1. The molecule has 0 saturated heterocycles. The topological polar surface area (TPSA) is 102 Å². The Morgan fingerprint density at radius 1 is 1.13 bits per heavy atom. The fourth-order valence-electron chi connectivity index (χ4n) is 1.95. The zero-order valence-corrected chi connectivity index (χ0v) is 13.2. The quantitative estimate of drug-likeness (QED) is 0.785. The van der Waals surface area contributed by atoms with Gasteiger partial charge in [-0.15, -0.1) is 0 Å². The van der Waals surface area contributed by atoms with E-state index in [1.807, 2.05) is 6.07 Å². The molecule has 0 spiro atoms.